The van der Waals surface area contributed by atoms with Crippen molar-refractivity contribution in [2.45, 2.75) is 19.3 Å². The molecule has 1 aliphatic heterocycles. The number of amides is 1. The third kappa shape index (κ3) is 4.51. The number of benzene rings is 2. The van der Waals surface area contributed by atoms with Gasteiger partial charge in [-0.15, -0.1) is 0 Å². The van der Waals surface area contributed by atoms with Gasteiger partial charge in [0.15, 0.2) is 5.13 Å². The van der Waals surface area contributed by atoms with Gasteiger partial charge in [-0.05, 0) is 49.1 Å². The fourth-order valence-corrected chi connectivity index (χ4v) is 4.92. The zero-order valence-electron chi connectivity index (χ0n) is 17.4. The smallest absolute Gasteiger partial charge is 0.224 e. The normalized spacial score (nSPS) is 16.5. The number of methoxy groups -OCH3 is 2. The first-order valence-electron chi connectivity index (χ1n) is 10.3. The van der Waals surface area contributed by atoms with E-state index < -0.39 is 0 Å². The topological polar surface area (TPSA) is 63.7 Å². The largest absolute Gasteiger partial charge is 0.497 e. The van der Waals surface area contributed by atoms with Crippen LogP contribution in [0.4, 0.5) is 5.13 Å². The quantitative estimate of drug-likeness (QED) is 0.622. The van der Waals surface area contributed by atoms with Crippen LogP contribution in [0.1, 0.15) is 18.4 Å². The number of thiazole rings is 1. The van der Waals surface area contributed by atoms with Crippen LogP contribution < -0.4 is 19.7 Å². The summed E-state index contributed by atoms with van der Waals surface area (Å²) in [6, 6.07) is 13.9. The monoisotopic (exact) mass is 425 g/mol. The van der Waals surface area contributed by atoms with Gasteiger partial charge in [-0.2, -0.15) is 0 Å². The molecule has 1 fully saturated rings. The molecule has 1 N–H and O–H groups in total. The van der Waals surface area contributed by atoms with Gasteiger partial charge < -0.3 is 19.7 Å². The van der Waals surface area contributed by atoms with Crippen molar-refractivity contribution in [1.29, 1.82) is 0 Å². The van der Waals surface area contributed by atoms with Crippen molar-refractivity contribution in [2.24, 2.45) is 5.92 Å². The Morgan fingerprint density at radius 3 is 2.93 bits per heavy atom. The average molecular weight is 426 g/mol. The number of fused-ring (bicyclic) bond motifs is 1. The van der Waals surface area contributed by atoms with Crippen molar-refractivity contribution in [1.82, 2.24) is 10.3 Å². The maximum atomic E-state index is 12.8. The van der Waals surface area contributed by atoms with Crippen molar-refractivity contribution in [3.63, 3.8) is 0 Å². The number of hydrogen-bond acceptors (Lipinski definition) is 6. The average Bonchev–Trinajstić information content (AvgIpc) is 3.22. The van der Waals surface area contributed by atoms with Gasteiger partial charge >= 0.3 is 0 Å². The Balaban J connectivity index is 1.36. The number of nitrogens with one attached hydrogen (secondary N) is 1. The lowest BCUT2D eigenvalue weighted by Crippen LogP contribution is -2.43. The van der Waals surface area contributed by atoms with E-state index >= 15 is 0 Å². The van der Waals surface area contributed by atoms with E-state index in [1.807, 2.05) is 42.5 Å². The molecule has 0 aliphatic carbocycles. The Morgan fingerprint density at radius 1 is 1.23 bits per heavy atom. The van der Waals surface area contributed by atoms with E-state index in [9.17, 15) is 4.79 Å². The van der Waals surface area contributed by atoms with Crippen molar-refractivity contribution in [3.8, 4) is 11.5 Å². The molecule has 1 unspecified atom stereocenters. The SMILES string of the molecule is COc1ccc2nc(N3CCCC(C(=O)NCCc4ccccc4OC)C3)sc2c1. The van der Waals surface area contributed by atoms with E-state index in [1.165, 1.54) is 0 Å². The second kappa shape index (κ2) is 9.34. The lowest BCUT2D eigenvalue weighted by atomic mass is 9.97. The lowest BCUT2D eigenvalue weighted by Gasteiger charge is -2.31. The summed E-state index contributed by atoms with van der Waals surface area (Å²) in [7, 11) is 3.34. The molecule has 7 heteroatoms. The van der Waals surface area contributed by atoms with Crippen LogP contribution in [0.15, 0.2) is 42.5 Å². The molecule has 0 saturated carbocycles. The Kier molecular flexibility index (Phi) is 6.38. The van der Waals surface area contributed by atoms with Crippen LogP contribution in [0.2, 0.25) is 0 Å². The summed E-state index contributed by atoms with van der Waals surface area (Å²) < 4.78 is 11.8. The molecule has 0 spiro atoms. The van der Waals surface area contributed by atoms with E-state index in [2.05, 4.69) is 10.2 Å². The number of hydrogen-bond donors (Lipinski definition) is 1. The number of para-hydroxylation sites is 1. The summed E-state index contributed by atoms with van der Waals surface area (Å²) in [4.78, 5) is 19.8. The molecule has 1 amide bonds. The minimum atomic E-state index is -0.0158. The van der Waals surface area contributed by atoms with Crippen molar-refractivity contribution < 1.29 is 14.3 Å². The summed E-state index contributed by atoms with van der Waals surface area (Å²) in [5.74, 6) is 1.81. The molecule has 4 rings (SSSR count). The molecule has 3 aromatic rings. The Labute approximate surface area is 180 Å². The predicted octanol–water partition coefficient (Wildman–Crippen LogP) is 3.89. The third-order valence-corrected chi connectivity index (χ3v) is 6.61. The van der Waals surface area contributed by atoms with Crippen molar-refractivity contribution >= 4 is 32.6 Å². The summed E-state index contributed by atoms with van der Waals surface area (Å²) in [6.45, 7) is 2.25. The minimum Gasteiger partial charge on any atom is -0.497 e. The number of anilines is 1. The number of carbonyl (C=O) groups excluding carboxylic acids is 1. The molecular weight excluding hydrogens is 398 g/mol. The molecule has 30 heavy (non-hydrogen) atoms. The predicted molar refractivity (Wildman–Crippen MR) is 121 cm³/mol. The van der Waals surface area contributed by atoms with Crippen LogP contribution in [-0.2, 0) is 11.2 Å². The fourth-order valence-electron chi connectivity index (χ4n) is 3.89. The Bertz CT molecular complexity index is 1020. The summed E-state index contributed by atoms with van der Waals surface area (Å²) >= 11 is 1.66. The Morgan fingerprint density at radius 2 is 2.10 bits per heavy atom. The lowest BCUT2D eigenvalue weighted by molar-refractivity contribution is -0.125. The van der Waals surface area contributed by atoms with Crippen LogP contribution in [0, 0.1) is 5.92 Å². The van der Waals surface area contributed by atoms with Gasteiger partial charge in [-0.3, -0.25) is 4.79 Å². The van der Waals surface area contributed by atoms with E-state index in [4.69, 9.17) is 14.5 Å². The molecule has 2 aromatic carbocycles. The van der Waals surface area contributed by atoms with Gasteiger partial charge in [0.1, 0.15) is 11.5 Å². The van der Waals surface area contributed by atoms with Crippen molar-refractivity contribution in [3.05, 3.63) is 48.0 Å². The van der Waals surface area contributed by atoms with Crippen LogP contribution in [0.3, 0.4) is 0 Å². The highest BCUT2D eigenvalue weighted by molar-refractivity contribution is 7.22. The highest BCUT2D eigenvalue weighted by atomic mass is 32.1. The van der Waals surface area contributed by atoms with Crippen LogP contribution in [-0.4, -0.2) is 44.7 Å². The van der Waals surface area contributed by atoms with Gasteiger partial charge in [0.2, 0.25) is 5.91 Å². The first-order valence-corrected chi connectivity index (χ1v) is 11.1. The zero-order chi connectivity index (χ0) is 20.9. The molecule has 6 nitrogen and oxygen atoms in total. The second-order valence-electron chi connectivity index (χ2n) is 7.47. The maximum absolute atomic E-state index is 12.8. The molecule has 1 aromatic heterocycles. The summed E-state index contributed by atoms with van der Waals surface area (Å²) in [6.07, 6.45) is 2.66. The number of piperidine rings is 1. The summed E-state index contributed by atoms with van der Waals surface area (Å²) in [5, 5.41) is 4.09. The second-order valence-corrected chi connectivity index (χ2v) is 8.48. The molecule has 1 saturated heterocycles. The first kappa shape index (κ1) is 20.5. The standard InChI is InChI=1S/C23H27N3O3S/c1-28-18-9-10-19-21(14-18)30-23(25-19)26-13-5-7-17(15-26)22(27)24-12-11-16-6-3-4-8-20(16)29-2/h3-4,6,8-10,14,17H,5,7,11-13,15H2,1-2H3,(H,24,27). The highest BCUT2D eigenvalue weighted by Gasteiger charge is 2.27. The highest BCUT2D eigenvalue weighted by Crippen LogP contribution is 2.33. The molecule has 1 atom stereocenters. The zero-order valence-corrected chi connectivity index (χ0v) is 18.2. The first-order chi connectivity index (χ1) is 14.7. The summed E-state index contributed by atoms with van der Waals surface area (Å²) in [5.41, 5.74) is 2.08. The molecule has 1 aliphatic rings. The van der Waals surface area contributed by atoms with Gasteiger partial charge in [0, 0.05) is 19.6 Å². The van der Waals surface area contributed by atoms with Crippen molar-refractivity contribution in [2.75, 3.05) is 38.8 Å². The molecule has 158 valence electrons. The molecule has 2 heterocycles. The van der Waals surface area contributed by atoms with E-state index in [0.717, 1.165) is 58.2 Å². The van der Waals surface area contributed by atoms with E-state index in [1.54, 1.807) is 25.6 Å². The fraction of sp³-hybridized carbons (Fsp3) is 0.391. The molecule has 0 radical (unpaired) electrons. The number of aromatic nitrogens is 1. The molecular formula is C23H27N3O3S. The van der Waals surface area contributed by atoms with Crippen LogP contribution in [0.25, 0.3) is 10.2 Å². The van der Waals surface area contributed by atoms with Gasteiger partial charge in [-0.1, -0.05) is 29.5 Å². The molecule has 0 bridgehead atoms. The maximum Gasteiger partial charge on any atom is 0.224 e. The van der Waals surface area contributed by atoms with Gasteiger partial charge in [0.25, 0.3) is 0 Å². The van der Waals surface area contributed by atoms with Gasteiger partial charge in [-0.25, -0.2) is 4.98 Å². The van der Waals surface area contributed by atoms with E-state index in [0.29, 0.717) is 13.1 Å². The number of rotatable bonds is 7. The number of carbonyl (C=O) groups is 1. The third-order valence-electron chi connectivity index (χ3n) is 5.53. The Hall–Kier alpha value is -2.80. The number of ether oxygens (including phenoxy) is 2. The number of nitrogens with zero attached hydrogens (tertiary/aromatic N) is 2. The van der Waals surface area contributed by atoms with Crippen LogP contribution in [0.5, 0.6) is 11.5 Å². The van der Waals surface area contributed by atoms with Gasteiger partial charge in [0.05, 0.1) is 30.4 Å². The van der Waals surface area contributed by atoms with E-state index in [-0.39, 0.29) is 11.8 Å². The minimum absolute atomic E-state index is 0.0158. The van der Waals surface area contributed by atoms with Crippen LogP contribution >= 0.6 is 11.3 Å².